The van der Waals surface area contributed by atoms with Gasteiger partial charge in [0, 0.05) is 26.2 Å². The molecule has 5 heteroatoms. The van der Waals surface area contributed by atoms with Gasteiger partial charge in [0.2, 0.25) is 0 Å². The van der Waals surface area contributed by atoms with Gasteiger partial charge in [-0.15, -0.1) is 0 Å². The van der Waals surface area contributed by atoms with E-state index in [4.69, 9.17) is 5.10 Å². The second kappa shape index (κ2) is 8.26. The number of nitrogens with zero attached hydrogens (tertiary/aromatic N) is 4. The first-order valence-corrected chi connectivity index (χ1v) is 10.1. The summed E-state index contributed by atoms with van der Waals surface area (Å²) in [5.74, 6) is 0.601. The number of aromatic nitrogens is 2. The highest BCUT2D eigenvalue weighted by Gasteiger charge is 2.29. The van der Waals surface area contributed by atoms with E-state index in [2.05, 4.69) is 63.9 Å². The highest BCUT2D eigenvalue weighted by molar-refractivity contribution is 5.97. The number of likely N-dealkylation sites (N-methyl/N-ethyl adjacent to an activating group) is 1. The lowest BCUT2D eigenvalue weighted by Crippen LogP contribution is -2.47. The Morgan fingerprint density at radius 3 is 2.48 bits per heavy atom. The van der Waals surface area contributed by atoms with Crippen LogP contribution in [0.25, 0.3) is 5.69 Å². The minimum absolute atomic E-state index is 0.148. The minimum atomic E-state index is 0.148. The van der Waals surface area contributed by atoms with Crippen LogP contribution in [0.5, 0.6) is 0 Å². The van der Waals surface area contributed by atoms with Crippen LogP contribution in [0, 0.1) is 12.8 Å². The molecule has 0 radical (unpaired) electrons. The molecule has 2 aromatic rings. The summed E-state index contributed by atoms with van der Waals surface area (Å²) in [5.41, 5.74) is 5.03. The SMILES string of the molecule is CCc1c(C(=O)N2CCN(C)CC2)c(CC(C)C)nn1-c1cccc(C)c1. The van der Waals surface area contributed by atoms with Crippen molar-refractivity contribution in [1.29, 1.82) is 0 Å². The molecule has 27 heavy (non-hydrogen) atoms. The molecule has 1 aliphatic heterocycles. The molecule has 1 aromatic carbocycles. The van der Waals surface area contributed by atoms with Gasteiger partial charge in [-0.2, -0.15) is 5.10 Å². The molecule has 0 unspecified atom stereocenters. The molecular formula is C22H32N4O. The summed E-state index contributed by atoms with van der Waals surface area (Å²) in [4.78, 5) is 17.7. The van der Waals surface area contributed by atoms with E-state index in [1.165, 1.54) is 5.56 Å². The summed E-state index contributed by atoms with van der Waals surface area (Å²) >= 11 is 0. The smallest absolute Gasteiger partial charge is 0.257 e. The van der Waals surface area contributed by atoms with Crippen molar-refractivity contribution in [1.82, 2.24) is 19.6 Å². The van der Waals surface area contributed by atoms with Crippen LogP contribution < -0.4 is 0 Å². The molecule has 0 N–H and O–H groups in total. The maximum Gasteiger partial charge on any atom is 0.257 e. The Hall–Kier alpha value is -2.14. The van der Waals surface area contributed by atoms with Crippen molar-refractivity contribution in [3.8, 4) is 5.69 Å². The van der Waals surface area contributed by atoms with E-state index in [1.807, 2.05) is 9.58 Å². The number of aryl methyl sites for hydroxylation is 1. The van der Waals surface area contributed by atoms with E-state index in [0.29, 0.717) is 5.92 Å². The molecule has 2 heterocycles. The fourth-order valence-corrected chi connectivity index (χ4v) is 3.75. The largest absolute Gasteiger partial charge is 0.336 e. The minimum Gasteiger partial charge on any atom is -0.336 e. The van der Waals surface area contributed by atoms with Crippen LogP contribution >= 0.6 is 0 Å². The highest BCUT2D eigenvalue weighted by atomic mass is 16.2. The van der Waals surface area contributed by atoms with Crippen molar-refractivity contribution in [2.75, 3.05) is 33.2 Å². The lowest BCUT2D eigenvalue weighted by molar-refractivity contribution is 0.0661. The number of amides is 1. The van der Waals surface area contributed by atoms with Crippen LogP contribution in [0.4, 0.5) is 0 Å². The van der Waals surface area contributed by atoms with Gasteiger partial charge in [-0.05, 0) is 50.4 Å². The Balaban J connectivity index is 2.06. The van der Waals surface area contributed by atoms with Crippen LogP contribution in [0.2, 0.25) is 0 Å². The van der Waals surface area contributed by atoms with Gasteiger partial charge in [-0.25, -0.2) is 4.68 Å². The number of rotatable bonds is 5. The third-order valence-corrected chi connectivity index (χ3v) is 5.24. The first kappa shape index (κ1) is 19.6. The van der Waals surface area contributed by atoms with Crippen molar-refractivity contribution in [2.45, 2.75) is 40.5 Å². The molecule has 0 spiro atoms. The summed E-state index contributed by atoms with van der Waals surface area (Å²) in [6, 6.07) is 8.34. The van der Waals surface area contributed by atoms with Crippen molar-refractivity contribution in [2.24, 2.45) is 5.92 Å². The van der Waals surface area contributed by atoms with Gasteiger partial charge in [0.1, 0.15) is 0 Å². The molecule has 1 fully saturated rings. The van der Waals surface area contributed by atoms with E-state index in [9.17, 15) is 4.79 Å². The molecule has 1 aromatic heterocycles. The van der Waals surface area contributed by atoms with Gasteiger partial charge < -0.3 is 9.80 Å². The van der Waals surface area contributed by atoms with Gasteiger partial charge in [0.25, 0.3) is 5.91 Å². The number of hydrogen-bond donors (Lipinski definition) is 0. The van der Waals surface area contributed by atoms with E-state index < -0.39 is 0 Å². The highest BCUT2D eigenvalue weighted by Crippen LogP contribution is 2.24. The first-order chi connectivity index (χ1) is 12.9. The summed E-state index contributed by atoms with van der Waals surface area (Å²) in [5, 5.41) is 4.92. The molecule has 3 rings (SSSR count). The van der Waals surface area contributed by atoms with Crippen LogP contribution in [0.1, 0.15) is 48.1 Å². The quantitative estimate of drug-likeness (QED) is 0.813. The van der Waals surface area contributed by atoms with E-state index in [1.54, 1.807) is 0 Å². The second-order valence-electron chi connectivity index (χ2n) is 8.07. The lowest BCUT2D eigenvalue weighted by atomic mass is 10.0. The van der Waals surface area contributed by atoms with Gasteiger partial charge in [0.05, 0.1) is 22.6 Å². The number of carbonyl (C=O) groups is 1. The van der Waals surface area contributed by atoms with E-state index >= 15 is 0 Å². The van der Waals surface area contributed by atoms with Crippen molar-refractivity contribution in [3.05, 3.63) is 46.8 Å². The average Bonchev–Trinajstić information content (AvgIpc) is 2.99. The molecular weight excluding hydrogens is 336 g/mol. The predicted octanol–water partition coefficient (Wildman–Crippen LogP) is 3.33. The Kier molecular flexibility index (Phi) is 6.00. The summed E-state index contributed by atoms with van der Waals surface area (Å²) in [6.07, 6.45) is 1.61. The van der Waals surface area contributed by atoms with E-state index in [0.717, 1.165) is 61.7 Å². The standard InChI is InChI=1S/C22H32N4O/c1-6-20-21(22(27)25-12-10-24(5)11-13-25)19(14-16(2)3)23-26(20)18-9-7-8-17(4)15-18/h7-9,15-16H,6,10-14H2,1-5H3. The number of benzene rings is 1. The van der Waals surface area contributed by atoms with E-state index in [-0.39, 0.29) is 5.91 Å². The summed E-state index contributed by atoms with van der Waals surface area (Å²) in [7, 11) is 2.11. The van der Waals surface area contributed by atoms with Crippen molar-refractivity contribution >= 4 is 5.91 Å². The molecule has 0 saturated carbocycles. The molecule has 0 bridgehead atoms. The summed E-state index contributed by atoms with van der Waals surface area (Å²) < 4.78 is 1.99. The van der Waals surface area contributed by atoms with Crippen molar-refractivity contribution in [3.63, 3.8) is 0 Å². The molecule has 0 atom stereocenters. The third kappa shape index (κ3) is 4.24. The molecule has 1 aliphatic rings. The second-order valence-corrected chi connectivity index (χ2v) is 8.07. The van der Waals surface area contributed by atoms with Gasteiger partial charge >= 0.3 is 0 Å². The number of hydrogen-bond acceptors (Lipinski definition) is 3. The zero-order valence-electron chi connectivity index (χ0n) is 17.3. The molecule has 1 amide bonds. The Labute approximate surface area is 163 Å². The maximum atomic E-state index is 13.5. The Morgan fingerprint density at radius 1 is 1.19 bits per heavy atom. The monoisotopic (exact) mass is 368 g/mol. The van der Waals surface area contributed by atoms with Gasteiger partial charge in [-0.3, -0.25) is 4.79 Å². The Bertz CT molecular complexity index is 801. The average molecular weight is 369 g/mol. The van der Waals surface area contributed by atoms with Gasteiger partial charge in [-0.1, -0.05) is 32.9 Å². The summed E-state index contributed by atoms with van der Waals surface area (Å²) in [6.45, 7) is 12.0. The van der Waals surface area contributed by atoms with Crippen LogP contribution in [-0.2, 0) is 12.8 Å². The van der Waals surface area contributed by atoms with Gasteiger partial charge in [0.15, 0.2) is 0 Å². The fourth-order valence-electron chi connectivity index (χ4n) is 3.75. The topological polar surface area (TPSA) is 41.4 Å². The Morgan fingerprint density at radius 2 is 1.89 bits per heavy atom. The zero-order valence-corrected chi connectivity index (χ0v) is 17.3. The molecule has 146 valence electrons. The molecule has 1 saturated heterocycles. The van der Waals surface area contributed by atoms with Crippen LogP contribution in [-0.4, -0.2) is 58.7 Å². The first-order valence-electron chi connectivity index (χ1n) is 10.1. The van der Waals surface area contributed by atoms with Crippen LogP contribution in [0.3, 0.4) is 0 Å². The fraction of sp³-hybridized carbons (Fsp3) is 0.545. The molecule has 5 nitrogen and oxygen atoms in total. The lowest BCUT2D eigenvalue weighted by Gasteiger charge is -2.32. The zero-order chi connectivity index (χ0) is 19.6. The van der Waals surface area contributed by atoms with Crippen LogP contribution in [0.15, 0.2) is 24.3 Å². The normalized spacial score (nSPS) is 15.6. The number of piperazine rings is 1. The molecule has 0 aliphatic carbocycles. The number of carbonyl (C=O) groups excluding carboxylic acids is 1. The third-order valence-electron chi connectivity index (χ3n) is 5.24. The van der Waals surface area contributed by atoms with Crippen molar-refractivity contribution < 1.29 is 4.79 Å². The maximum absolute atomic E-state index is 13.5. The predicted molar refractivity (Wildman–Crippen MR) is 110 cm³/mol.